The van der Waals surface area contributed by atoms with Gasteiger partial charge in [-0.05, 0) is 50.2 Å². The predicted octanol–water partition coefficient (Wildman–Crippen LogP) is 4.39. The smallest absolute Gasteiger partial charge is 0.338 e. The summed E-state index contributed by atoms with van der Waals surface area (Å²) in [5.74, 6) is -0.115. The fourth-order valence-electron chi connectivity index (χ4n) is 3.95. The number of carbonyl (C=O) groups excluding carboxylic acids is 1. The molecule has 2 aromatic rings. The number of thiophene rings is 1. The van der Waals surface area contributed by atoms with Crippen molar-refractivity contribution in [1.82, 2.24) is 15.1 Å². The lowest BCUT2D eigenvalue weighted by Gasteiger charge is -2.32. The van der Waals surface area contributed by atoms with Crippen LogP contribution in [0.1, 0.15) is 63.8 Å². The fourth-order valence-corrected chi connectivity index (χ4v) is 5.07. The van der Waals surface area contributed by atoms with Crippen LogP contribution in [0.3, 0.4) is 0 Å². The van der Waals surface area contributed by atoms with Crippen molar-refractivity contribution in [1.29, 1.82) is 0 Å². The van der Waals surface area contributed by atoms with E-state index >= 15 is 0 Å². The van der Waals surface area contributed by atoms with Gasteiger partial charge in [-0.25, -0.2) is 0 Å². The van der Waals surface area contributed by atoms with E-state index in [1.165, 1.54) is 16.9 Å². The summed E-state index contributed by atoms with van der Waals surface area (Å²) in [6.45, 7) is 1.09. The second-order valence-electron chi connectivity index (χ2n) is 7.05. The Morgan fingerprint density at radius 3 is 2.85 bits per heavy atom. The third kappa shape index (κ3) is 3.26. The molecule has 1 N–H and O–H groups in total. The molecule has 26 heavy (non-hydrogen) atoms. The third-order valence-electron chi connectivity index (χ3n) is 5.33. The van der Waals surface area contributed by atoms with Gasteiger partial charge >= 0.3 is 6.18 Å². The zero-order valence-corrected chi connectivity index (χ0v) is 15.1. The van der Waals surface area contributed by atoms with Crippen LogP contribution in [0.2, 0.25) is 0 Å². The molecule has 0 aromatic carbocycles. The number of rotatable bonds is 2. The van der Waals surface area contributed by atoms with Gasteiger partial charge in [0.15, 0.2) is 5.69 Å². The molecule has 1 unspecified atom stereocenters. The first kappa shape index (κ1) is 17.6. The zero-order valence-electron chi connectivity index (χ0n) is 14.2. The van der Waals surface area contributed by atoms with Gasteiger partial charge < -0.3 is 4.90 Å². The first-order valence-electron chi connectivity index (χ1n) is 8.94. The number of fused-ring (bicyclic) bond motifs is 1. The maximum absolute atomic E-state index is 13.0. The quantitative estimate of drug-likeness (QED) is 0.836. The molecule has 0 spiro atoms. The zero-order chi connectivity index (χ0) is 18.3. The lowest BCUT2D eigenvalue weighted by atomic mass is 9.92. The molecule has 1 fully saturated rings. The Balaban J connectivity index is 1.51. The molecule has 8 heteroatoms. The minimum absolute atomic E-state index is 0.0182. The highest BCUT2D eigenvalue weighted by atomic mass is 32.1. The van der Waals surface area contributed by atoms with Crippen LogP contribution in [0.25, 0.3) is 0 Å². The van der Waals surface area contributed by atoms with Crippen LogP contribution in [0, 0.1) is 0 Å². The number of alkyl halides is 3. The Morgan fingerprint density at radius 1 is 1.27 bits per heavy atom. The van der Waals surface area contributed by atoms with Gasteiger partial charge in [-0.1, -0.05) is 0 Å². The first-order chi connectivity index (χ1) is 12.4. The lowest BCUT2D eigenvalue weighted by molar-refractivity contribution is -0.141. The van der Waals surface area contributed by atoms with Crippen molar-refractivity contribution >= 4 is 17.2 Å². The third-order valence-corrected chi connectivity index (χ3v) is 6.42. The van der Waals surface area contributed by atoms with Crippen molar-refractivity contribution in [3.8, 4) is 0 Å². The number of nitrogens with zero attached hydrogens (tertiary/aromatic N) is 2. The van der Waals surface area contributed by atoms with Gasteiger partial charge in [-0.15, -0.1) is 11.3 Å². The highest BCUT2D eigenvalue weighted by molar-refractivity contribution is 7.10. The number of H-pyrrole nitrogens is 1. The number of aromatic amines is 1. The van der Waals surface area contributed by atoms with Crippen molar-refractivity contribution in [3.05, 3.63) is 38.8 Å². The standard InChI is InChI=1S/C18H20F3N3OS/c19-18(20,21)16-8-14(22-23-16)11-4-3-7-24(9-11)17(25)13-10-26-15-6-2-1-5-12(13)15/h8,10-11H,1-7,9H2,(H,22,23). The Labute approximate surface area is 153 Å². The van der Waals surface area contributed by atoms with E-state index in [1.807, 2.05) is 5.38 Å². The van der Waals surface area contributed by atoms with Gasteiger partial charge in [-0.3, -0.25) is 9.89 Å². The van der Waals surface area contributed by atoms with Crippen molar-refractivity contribution in [3.63, 3.8) is 0 Å². The van der Waals surface area contributed by atoms with Crippen LogP contribution in [0.5, 0.6) is 0 Å². The Kier molecular flexibility index (Phi) is 4.54. The average Bonchev–Trinajstić information content (AvgIpc) is 3.28. The van der Waals surface area contributed by atoms with Gasteiger partial charge in [0.25, 0.3) is 5.91 Å². The highest BCUT2D eigenvalue weighted by Crippen LogP contribution is 2.34. The summed E-state index contributed by atoms with van der Waals surface area (Å²) < 4.78 is 38.3. The van der Waals surface area contributed by atoms with Crippen LogP contribution in [-0.2, 0) is 19.0 Å². The minimum atomic E-state index is -4.45. The van der Waals surface area contributed by atoms with Gasteiger partial charge in [0.05, 0.1) is 5.56 Å². The van der Waals surface area contributed by atoms with Gasteiger partial charge in [-0.2, -0.15) is 18.3 Å². The molecule has 0 radical (unpaired) electrons. The van der Waals surface area contributed by atoms with Crippen molar-refractivity contribution in [2.45, 2.75) is 50.6 Å². The summed E-state index contributed by atoms with van der Waals surface area (Å²) in [5.41, 5.74) is 1.55. The van der Waals surface area contributed by atoms with Crippen LogP contribution in [0.4, 0.5) is 13.2 Å². The molecule has 4 rings (SSSR count). The SMILES string of the molecule is O=C(c1csc2c1CCCC2)N1CCCC(c2cc(C(F)(F)F)n[nH]2)C1. The topological polar surface area (TPSA) is 49.0 Å². The number of aryl methyl sites for hydroxylation is 1. The summed E-state index contributed by atoms with van der Waals surface area (Å²) >= 11 is 1.66. The fraction of sp³-hybridized carbons (Fsp3) is 0.556. The molecule has 140 valence electrons. The second-order valence-corrected chi connectivity index (χ2v) is 8.02. The molecule has 0 saturated carbocycles. The first-order valence-corrected chi connectivity index (χ1v) is 9.82. The lowest BCUT2D eigenvalue weighted by Crippen LogP contribution is -2.39. The van der Waals surface area contributed by atoms with Crippen molar-refractivity contribution < 1.29 is 18.0 Å². The van der Waals surface area contributed by atoms with Gasteiger partial charge in [0.2, 0.25) is 0 Å². The van der Waals surface area contributed by atoms with Crippen LogP contribution in [0.15, 0.2) is 11.4 Å². The van der Waals surface area contributed by atoms with Gasteiger partial charge in [0, 0.05) is 35.0 Å². The summed E-state index contributed by atoms with van der Waals surface area (Å²) in [5, 5.41) is 7.87. The number of piperidine rings is 1. The van der Waals surface area contributed by atoms with Crippen molar-refractivity contribution in [2.24, 2.45) is 0 Å². The molecule has 2 aromatic heterocycles. The van der Waals surface area contributed by atoms with E-state index in [0.717, 1.165) is 43.7 Å². The Hall–Kier alpha value is -1.83. The number of amides is 1. The van der Waals surface area contributed by atoms with Crippen molar-refractivity contribution in [2.75, 3.05) is 13.1 Å². The highest BCUT2D eigenvalue weighted by Gasteiger charge is 2.36. The molecule has 3 heterocycles. The molecule has 2 aliphatic rings. The molecular weight excluding hydrogens is 363 g/mol. The van der Waals surface area contributed by atoms with E-state index in [-0.39, 0.29) is 11.8 Å². The normalized spacial score (nSPS) is 20.9. The summed E-state index contributed by atoms with van der Waals surface area (Å²) in [4.78, 5) is 16.1. The maximum Gasteiger partial charge on any atom is 0.435 e. The summed E-state index contributed by atoms with van der Waals surface area (Å²) in [6, 6.07) is 1.07. The second kappa shape index (κ2) is 6.72. The molecule has 4 nitrogen and oxygen atoms in total. The minimum Gasteiger partial charge on any atom is -0.338 e. The van der Waals surface area contributed by atoms with E-state index < -0.39 is 11.9 Å². The van der Waals surface area contributed by atoms with E-state index in [2.05, 4.69) is 10.2 Å². The largest absolute Gasteiger partial charge is 0.435 e. The van der Waals surface area contributed by atoms with E-state index in [4.69, 9.17) is 0 Å². The Bertz CT molecular complexity index is 811. The molecule has 1 amide bonds. The number of halogens is 3. The maximum atomic E-state index is 13.0. The monoisotopic (exact) mass is 383 g/mol. The van der Waals surface area contributed by atoms with E-state index in [1.54, 1.807) is 16.2 Å². The van der Waals surface area contributed by atoms with E-state index in [0.29, 0.717) is 18.8 Å². The molecule has 0 bridgehead atoms. The molecule has 1 atom stereocenters. The number of aromatic nitrogens is 2. The Morgan fingerprint density at radius 2 is 2.08 bits per heavy atom. The summed E-state index contributed by atoms with van der Waals surface area (Å²) in [7, 11) is 0. The van der Waals surface area contributed by atoms with Crippen LogP contribution < -0.4 is 0 Å². The number of likely N-dealkylation sites (tertiary alicyclic amines) is 1. The molecule has 1 saturated heterocycles. The van der Waals surface area contributed by atoms with Crippen LogP contribution in [-0.4, -0.2) is 34.1 Å². The average molecular weight is 383 g/mol. The molecular formula is C18H20F3N3OS. The number of hydrogen-bond donors (Lipinski definition) is 1. The predicted molar refractivity (Wildman–Crippen MR) is 92.4 cm³/mol. The summed E-state index contributed by atoms with van der Waals surface area (Å²) in [6.07, 6.45) is 1.37. The van der Waals surface area contributed by atoms with E-state index in [9.17, 15) is 18.0 Å². The number of carbonyl (C=O) groups is 1. The molecule has 1 aliphatic carbocycles. The van der Waals surface area contributed by atoms with Gasteiger partial charge in [0.1, 0.15) is 0 Å². The number of nitrogens with one attached hydrogen (secondary N) is 1. The molecule has 1 aliphatic heterocycles. The van der Waals surface area contributed by atoms with Crippen LogP contribution >= 0.6 is 11.3 Å². The number of hydrogen-bond acceptors (Lipinski definition) is 3.